The average Bonchev–Trinajstić information content (AvgIpc) is 2.25. The lowest BCUT2D eigenvalue weighted by Gasteiger charge is -2.02. The van der Waals surface area contributed by atoms with Gasteiger partial charge in [-0.05, 0) is 46.9 Å². The van der Waals surface area contributed by atoms with E-state index in [0.717, 1.165) is 3.57 Å². The molecule has 2 aromatic rings. The lowest BCUT2D eigenvalue weighted by atomic mass is 10.3. The maximum Gasteiger partial charge on any atom is 0.321 e. The molecule has 5 heteroatoms. The number of hydrogen-bond acceptors (Lipinski definition) is 3. The number of hydrogen-bond donors (Lipinski definition) is 0. The Morgan fingerprint density at radius 2 is 1.67 bits per heavy atom. The van der Waals surface area contributed by atoms with Crippen molar-refractivity contribution >= 4 is 34.2 Å². The van der Waals surface area contributed by atoms with E-state index < -0.39 is 0 Å². The first-order valence-corrected chi connectivity index (χ1v) is 5.61. The molecule has 1 heterocycles. The molecule has 3 nitrogen and oxygen atoms in total. The minimum atomic E-state index is 0.292. The number of aromatic nitrogens is 2. The van der Waals surface area contributed by atoms with Crippen molar-refractivity contribution in [2.75, 3.05) is 0 Å². The van der Waals surface area contributed by atoms with E-state index in [1.807, 2.05) is 24.3 Å². The molecule has 0 fully saturated rings. The number of nitrogens with zero attached hydrogens (tertiary/aromatic N) is 2. The Labute approximate surface area is 106 Å². The van der Waals surface area contributed by atoms with Crippen LogP contribution in [0.25, 0.3) is 0 Å². The molecule has 0 radical (unpaired) electrons. The van der Waals surface area contributed by atoms with Crippen LogP contribution in [-0.2, 0) is 0 Å². The van der Waals surface area contributed by atoms with Crippen LogP contribution < -0.4 is 4.74 Å². The first kappa shape index (κ1) is 10.6. The van der Waals surface area contributed by atoms with Gasteiger partial charge >= 0.3 is 6.01 Å². The smallest absolute Gasteiger partial charge is 0.321 e. The van der Waals surface area contributed by atoms with Crippen molar-refractivity contribution in [3.63, 3.8) is 0 Å². The van der Waals surface area contributed by atoms with Gasteiger partial charge in [0.2, 0.25) is 0 Å². The molecule has 0 N–H and O–H groups in total. The highest BCUT2D eigenvalue weighted by Gasteiger charge is 1.99. The topological polar surface area (TPSA) is 35.0 Å². The Bertz CT molecular complexity index is 400. The Hall–Kier alpha value is -0.880. The number of halogens is 2. The molecule has 0 amide bonds. The molecule has 0 saturated carbocycles. The monoisotopic (exact) mass is 332 g/mol. The van der Waals surface area contributed by atoms with Crippen molar-refractivity contribution in [1.82, 2.24) is 9.97 Å². The van der Waals surface area contributed by atoms with Crippen LogP contribution in [0.15, 0.2) is 36.7 Å². The van der Waals surface area contributed by atoms with Gasteiger partial charge in [-0.25, -0.2) is 9.97 Å². The van der Waals surface area contributed by atoms with Crippen molar-refractivity contribution in [2.24, 2.45) is 0 Å². The van der Waals surface area contributed by atoms with Crippen molar-refractivity contribution < 1.29 is 4.74 Å². The van der Waals surface area contributed by atoms with E-state index in [9.17, 15) is 0 Å². The van der Waals surface area contributed by atoms with Crippen LogP contribution in [0, 0.1) is 3.57 Å². The summed E-state index contributed by atoms with van der Waals surface area (Å²) in [5, 5.41) is 0.491. The van der Waals surface area contributed by atoms with Gasteiger partial charge in [-0.1, -0.05) is 11.6 Å². The molecule has 0 aliphatic carbocycles. The summed E-state index contributed by atoms with van der Waals surface area (Å²) in [7, 11) is 0. The Morgan fingerprint density at radius 3 is 2.27 bits per heavy atom. The molecule has 76 valence electrons. The van der Waals surface area contributed by atoms with Crippen LogP contribution in [0.2, 0.25) is 5.02 Å². The molecule has 0 saturated heterocycles. The molecular formula is C10H6ClIN2O. The predicted octanol–water partition coefficient (Wildman–Crippen LogP) is 3.53. The van der Waals surface area contributed by atoms with Gasteiger partial charge in [0, 0.05) is 3.57 Å². The maximum absolute atomic E-state index is 5.65. The molecule has 1 aromatic carbocycles. The van der Waals surface area contributed by atoms with Gasteiger partial charge < -0.3 is 4.74 Å². The van der Waals surface area contributed by atoms with Crippen molar-refractivity contribution in [3.05, 3.63) is 45.3 Å². The van der Waals surface area contributed by atoms with Gasteiger partial charge in [0.25, 0.3) is 0 Å². The van der Waals surface area contributed by atoms with Crippen LogP contribution >= 0.6 is 34.2 Å². The third-order valence-corrected chi connectivity index (χ3v) is 2.53. The highest BCUT2D eigenvalue weighted by molar-refractivity contribution is 14.1. The minimum absolute atomic E-state index is 0.292. The second kappa shape index (κ2) is 4.76. The fraction of sp³-hybridized carbons (Fsp3) is 0. The van der Waals surface area contributed by atoms with Gasteiger partial charge in [-0.3, -0.25) is 0 Å². The number of ether oxygens (including phenoxy) is 1. The van der Waals surface area contributed by atoms with Crippen LogP contribution in [0.5, 0.6) is 11.8 Å². The van der Waals surface area contributed by atoms with Gasteiger partial charge in [-0.15, -0.1) is 0 Å². The number of rotatable bonds is 2. The Balaban J connectivity index is 2.15. The molecular weight excluding hydrogens is 326 g/mol. The summed E-state index contributed by atoms with van der Waals surface area (Å²) in [6.45, 7) is 0. The minimum Gasteiger partial charge on any atom is -0.424 e. The summed E-state index contributed by atoms with van der Waals surface area (Å²) >= 11 is 7.88. The average molecular weight is 333 g/mol. The molecule has 0 unspecified atom stereocenters. The van der Waals surface area contributed by atoms with Gasteiger partial charge in [0.1, 0.15) is 5.75 Å². The first-order chi connectivity index (χ1) is 7.24. The highest BCUT2D eigenvalue weighted by atomic mass is 127. The lowest BCUT2D eigenvalue weighted by Crippen LogP contribution is -1.90. The Kier molecular flexibility index (Phi) is 3.37. The van der Waals surface area contributed by atoms with Gasteiger partial charge in [0.05, 0.1) is 17.4 Å². The van der Waals surface area contributed by atoms with Gasteiger partial charge in [0.15, 0.2) is 0 Å². The van der Waals surface area contributed by atoms with E-state index in [4.69, 9.17) is 16.3 Å². The van der Waals surface area contributed by atoms with Crippen LogP contribution in [0.3, 0.4) is 0 Å². The summed E-state index contributed by atoms with van der Waals surface area (Å²) in [6.07, 6.45) is 2.99. The van der Waals surface area contributed by atoms with Gasteiger partial charge in [-0.2, -0.15) is 0 Å². The molecule has 0 aliphatic heterocycles. The summed E-state index contributed by atoms with van der Waals surface area (Å²) in [5.74, 6) is 0.706. The van der Waals surface area contributed by atoms with E-state index in [1.165, 1.54) is 12.4 Å². The molecule has 0 aliphatic rings. The molecule has 2 rings (SSSR count). The molecule has 15 heavy (non-hydrogen) atoms. The number of benzene rings is 1. The lowest BCUT2D eigenvalue weighted by molar-refractivity contribution is 0.441. The van der Waals surface area contributed by atoms with E-state index in [2.05, 4.69) is 32.6 Å². The van der Waals surface area contributed by atoms with E-state index in [1.54, 1.807) is 0 Å². The fourth-order valence-electron chi connectivity index (χ4n) is 0.961. The third kappa shape index (κ3) is 3.04. The zero-order valence-corrected chi connectivity index (χ0v) is 10.4. The van der Waals surface area contributed by atoms with Crippen molar-refractivity contribution in [1.29, 1.82) is 0 Å². The molecule has 0 bridgehead atoms. The van der Waals surface area contributed by atoms with Crippen LogP contribution in [0.1, 0.15) is 0 Å². The molecule has 0 spiro atoms. The SMILES string of the molecule is Clc1cnc(Oc2ccc(I)cc2)nc1. The van der Waals surface area contributed by atoms with E-state index in [0.29, 0.717) is 16.8 Å². The standard InChI is InChI=1S/C10H6ClIN2O/c11-7-5-13-10(14-6-7)15-9-3-1-8(12)2-4-9/h1-6H. The second-order valence-electron chi connectivity index (χ2n) is 2.74. The van der Waals surface area contributed by atoms with Crippen molar-refractivity contribution in [3.8, 4) is 11.8 Å². The zero-order valence-electron chi connectivity index (χ0n) is 7.52. The molecule has 0 atom stereocenters. The highest BCUT2D eigenvalue weighted by Crippen LogP contribution is 2.19. The first-order valence-electron chi connectivity index (χ1n) is 4.15. The van der Waals surface area contributed by atoms with Crippen LogP contribution in [0.4, 0.5) is 0 Å². The maximum atomic E-state index is 5.65. The largest absolute Gasteiger partial charge is 0.424 e. The second-order valence-corrected chi connectivity index (χ2v) is 4.42. The Morgan fingerprint density at radius 1 is 1.07 bits per heavy atom. The van der Waals surface area contributed by atoms with E-state index in [-0.39, 0.29) is 0 Å². The third-order valence-electron chi connectivity index (χ3n) is 1.62. The summed E-state index contributed by atoms with van der Waals surface area (Å²) in [4.78, 5) is 7.86. The fourth-order valence-corrected chi connectivity index (χ4v) is 1.42. The zero-order chi connectivity index (χ0) is 10.7. The van der Waals surface area contributed by atoms with Crippen LogP contribution in [-0.4, -0.2) is 9.97 Å². The summed E-state index contributed by atoms with van der Waals surface area (Å²) in [6, 6.07) is 7.91. The summed E-state index contributed by atoms with van der Waals surface area (Å²) < 4.78 is 6.55. The van der Waals surface area contributed by atoms with Crippen molar-refractivity contribution in [2.45, 2.75) is 0 Å². The normalized spacial score (nSPS) is 10.0. The van der Waals surface area contributed by atoms with E-state index >= 15 is 0 Å². The predicted molar refractivity (Wildman–Crippen MR) is 66.3 cm³/mol. The quantitative estimate of drug-likeness (QED) is 0.789. The summed E-state index contributed by atoms with van der Waals surface area (Å²) in [5.41, 5.74) is 0. The molecule has 1 aromatic heterocycles.